The van der Waals surface area contributed by atoms with Gasteiger partial charge in [-0.05, 0) is 10.2 Å². The lowest BCUT2D eigenvalue weighted by atomic mass is 11.7. The van der Waals surface area contributed by atoms with Crippen LogP contribution in [0, 0.1) is 16.2 Å². The molecule has 0 saturated carbocycles. The van der Waals surface area contributed by atoms with Gasteiger partial charge in [0.05, 0.1) is 0 Å². The second kappa shape index (κ2) is 246. The van der Waals surface area contributed by atoms with Crippen LogP contribution in [0.4, 0.5) is 0 Å². The third kappa shape index (κ3) is 125. The first-order chi connectivity index (χ1) is 5.24. The van der Waals surface area contributed by atoms with E-state index in [1.54, 1.807) is 0 Å². The molecule has 0 radical (unpaired) electrons. The molecular weight excluding hydrogens is 166 g/mol. The van der Waals surface area contributed by atoms with E-state index < -0.39 is 0 Å². The summed E-state index contributed by atoms with van der Waals surface area (Å²) >= 11 is 0. The summed E-state index contributed by atoms with van der Waals surface area (Å²) < 4.78 is 0. The summed E-state index contributed by atoms with van der Waals surface area (Å²) in [5.74, 6) is 0. The SMILES string of the molecule is C[SiH3].N=C=O.N=C=O.N=C=O. The van der Waals surface area contributed by atoms with Gasteiger partial charge in [0.1, 0.15) is 0 Å². The Morgan fingerprint density at radius 3 is 0.818 bits per heavy atom. The normalized spacial score (nSPS) is 3.00. The van der Waals surface area contributed by atoms with Crippen molar-refractivity contribution < 1.29 is 14.4 Å². The molecule has 7 heteroatoms. The average molecular weight is 175 g/mol. The zero-order chi connectivity index (χ0) is 10.1. The molecule has 0 amide bonds. The van der Waals surface area contributed by atoms with Gasteiger partial charge in [0.2, 0.25) is 18.2 Å². The van der Waals surface area contributed by atoms with Gasteiger partial charge in [-0.25, -0.2) is 30.6 Å². The number of carbonyl (C=O) groups excluding carboxylic acids is 3. The maximum Gasteiger partial charge on any atom is 0.231 e. The molecule has 0 saturated heterocycles. The van der Waals surface area contributed by atoms with Crippen LogP contribution < -0.4 is 0 Å². The topological polar surface area (TPSA) is 123 Å². The highest BCUT2D eigenvalue weighted by Gasteiger charge is 1.04. The van der Waals surface area contributed by atoms with Gasteiger partial charge < -0.3 is 0 Å². The molecule has 0 aromatic heterocycles. The second-order valence-corrected chi connectivity index (χ2v) is 0.306. The van der Waals surface area contributed by atoms with E-state index >= 15 is 0 Å². The van der Waals surface area contributed by atoms with E-state index in [1.165, 1.54) is 10.2 Å². The molecule has 0 aliphatic heterocycles. The maximum absolute atomic E-state index is 8.35. The van der Waals surface area contributed by atoms with Gasteiger partial charge in [-0.2, -0.15) is 0 Å². The minimum atomic E-state index is 0.750. The molecule has 0 rings (SSSR count). The van der Waals surface area contributed by atoms with E-state index in [1.807, 2.05) is 0 Å². The van der Waals surface area contributed by atoms with E-state index in [2.05, 4.69) is 6.55 Å². The van der Waals surface area contributed by atoms with Gasteiger partial charge in [0, 0.05) is 0 Å². The Labute approximate surface area is 66.6 Å². The predicted molar refractivity (Wildman–Crippen MR) is 41.0 cm³/mol. The Balaban J connectivity index is -0.0000000301. The highest BCUT2D eigenvalue weighted by atomic mass is 28.1. The van der Waals surface area contributed by atoms with Crippen molar-refractivity contribution in [3.05, 3.63) is 0 Å². The van der Waals surface area contributed by atoms with Gasteiger partial charge >= 0.3 is 0 Å². The van der Waals surface area contributed by atoms with Crippen LogP contribution in [0.25, 0.3) is 0 Å². The van der Waals surface area contributed by atoms with E-state index in [-0.39, 0.29) is 0 Å². The van der Waals surface area contributed by atoms with Crippen molar-refractivity contribution in [3.8, 4) is 0 Å². The molecule has 0 spiro atoms. The van der Waals surface area contributed by atoms with E-state index in [4.69, 9.17) is 30.6 Å². The number of hydrogen-bond acceptors (Lipinski definition) is 6. The lowest BCUT2D eigenvalue weighted by molar-refractivity contribution is 0.562. The fourth-order valence-corrected chi connectivity index (χ4v) is 0. The molecule has 0 aromatic rings. The Hall–Kier alpha value is -1.64. The highest BCUT2D eigenvalue weighted by molar-refractivity contribution is 6.05. The highest BCUT2D eigenvalue weighted by Crippen LogP contribution is 0.961. The smallest absolute Gasteiger partial charge is 0.222 e. The number of rotatable bonds is 0. The summed E-state index contributed by atoms with van der Waals surface area (Å²) in [6, 6.07) is 0. The van der Waals surface area contributed by atoms with Crippen molar-refractivity contribution >= 4 is 28.5 Å². The average Bonchev–Trinajstić information content (AvgIpc) is 1.96. The quantitative estimate of drug-likeness (QED) is 0.251. The van der Waals surface area contributed by atoms with Gasteiger partial charge in [-0.3, -0.25) is 0 Å². The van der Waals surface area contributed by atoms with Crippen LogP contribution >= 0.6 is 0 Å². The Bertz CT molecular complexity index is 112. The summed E-state index contributed by atoms with van der Waals surface area (Å²) in [6.07, 6.45) is 2.25. The van der Waals surface area contributed by atoms with Crippen LogP contribution in [0.15, 0.2) is 0 Å². The van der Waals surface area contributed by atoms with Crippen molar-refractivity contribution in [1.82, 2.24) is 0 Å². The van der Waals surface area contributed by atoms with Crippen LogP contribution in [-0.2, 0) is 14.4 Å². The van der Waals surface area contributed by atoms with E-state index in [0.717, 1.165) is 18.2 Å². The number of isocyanates is 3. The van der Waals surface area contributed by atoms with Crippen molar-refractivity contribution in [3.63, 3.8) is 0 Å². The number of hydrogen-bond donors (Lipinski definition) is 3. The monoisotopic (exact) mass is 175 g/mol. The first-order valence-electron chi connectivity index (χ1n) is 2.36. The molecule has 3 N–H and O–H groups in total. The zero-order valence-electron chi connectivity index (χ0n) is 6.22. The second-order valence-electron chi connectivity index (χ2n) is 0.306. The van der Waals surface area contributed by atoms with Gasteiger partial charge in [0.15, 0.2) is 0 Å². The molecule has 0 bridgehead atoms. The first kappa shape index (κ1) is 22.8. The molecule has 0 unspecified atom stereocenters. The summed E-state index contributed by atoms with van der Waals surface area (Å²) in [7, 11) is 1.31. The summed E-state index contributed by atoms with van der Waals surface area (Å²) in [6.45, 7) is 2.14. The minimum absolute atomic E-state index is 0.750. The van der Waals surface area contributed by atoms with Crippen LogP contribution in [0.1, 0.15) is 0 Å². The molecule has 0 fully saturated rings. The van der Waals surface area contributed by atoms with Crippen molar-refractivity contribution in [2.24, 2.45) is 0 Å². The minimum Gasteiger partial charge on any atom is -0.222 e. The third-order valence-electron chi connectivity index (χ3n) is 0. The molecule has 0 aromatic carbocycles. The lowest BCUT2D eigenvalue weighted by Crippen LogP contribution is -1.16. The fraction of sp³-hybridized carbons (Fsp3) is 0.250. The number of nitrogens with one attached hydrogen (secondary N) is 3. The van der Waals surface area contributed by atoms with Gasteiger partial charge in [0.25, 0.3) is 0 Å². The third-order valence-corrected chi connectivity index (χ3v) is 0. The summed E-state index contributed by atoms with van der Waals surface area (Å²) in [5, 5.41) is 16.2. The molecule has 0 heterocycles. The van der Waals surface area contributed by atoms with Gasteiger partial charge in [-0.1, -0.05) is 6.55 Å². The maximum atomic E-state index is 8.35. The van der Waals surface area contributed by atoms with Crippen LogP contribution in [0.3, 0.4) is 0 Å². The largest absolute Gasteiger partial charge is 0.231 e. The van der Waals surface area contributed by atoms with Crippen LogP contribution in [0.2, 0.25) is 6.55 Å². The van der Waals surface area contributed by atoms with Crippen molar-refractivity contribution in [1.29, 1.82) is 16.2 Å². The molecule has 11 heavy (non-hydrogen) atoms. The Kier molecular flexibility index (Phi) is 509. The molecule has 0 aliphatic rings. The van der Waals surface area contributed by atoms with Crippen molar-refractivity contribution in [2.75, 3.05) is 0 Å². The summed E-state index contributed by atoms with van der Waals surface area (Å²) in [5.41, 5.74) is 0. The zero-order valence-corrected chi connectivity index (χ0v) is 8.22. The van der Waals surface area contributed by atoms with E-state index in [0.29, 0.717) is 0 Å². The van der Waals surface area contributed by atoms with Crippen LogP contribution in [0.5, 0.6) is 0 Å². The standard InChI is InChI=1S/3CHNO.CH6Si/c3*2-1-3;1-2/h3*2H;1-2H3. The molecular formula is C4H9N3O3Si. The van der Waals surface area contributed by atoms with Crippen molar-refractivity contribution in [2.45, 2.75) is 6.55 Å². The Morgan fingerprint density at radius 2 is 0.818 bits per heavy atom. The predicted octanol–water partition coefficient (Wildman–Crippen LogP) is -0.897. The van der Waals surface area contributed by atoms with Crippen LogP contribution in [-0.4, -0.2) is 28.5 Å². The molecule has 6 nitrogen and oxygen atoms in total. The van der Waals surface area contributed by atoms with E-state index in [9.17, 15) is 0 Å². The van der Waals surface area contributed by atoms with Gasteiger partial charge in [-0.15, -0.1) is 0 Å². The molecule has 62 valence electrons. The first-order valence-corrected chi connectivity index (χ1v) is 4.36. The Morgan fingerprint density at radius 1 is 0.818 bits per heavy atom. The lowest BCUT2D eigenvalue weighted by Gasteiger charge is -1.04. The summed E-state index contributed by atoms with van der Waals surface area (Å²) in [4.78, 5) is 25.0. The fourth-order valence-electron chi connectivity index (χ4n) is 0. The molecule has 0 atom stereocenters. The molecule has 0 aliphatic carbocycles.